The van der Waals surface area contributed by atoms with E-state index in [1.165, 1.54) is 23.0 Å². The molecule has 1 aromatic heterocycles. The van der Waals surface area contributed by atoms with Crippen molar-refractivity contribution in [3.63, 3.8) is 0 Å². The highest BCUT2D eigenvalue weighted by Crippen LogP contribution is 2.27. The van der Waals surface area contributed by atoms with E-state index in [2.05, 4.69) is 5.32 Å². The first-order valence-electron chi connectivity index (χ1n) is 4.12. The van der Waals surface area contributed by atoms with Gasteiger partial charge in [0.15, 0.2) is 0 Å². The largest absolute Gasteiger partial charge is 0.316 e. The first-order chi connectivity index (χ1) is 6.33. The van der Waals surface area contributed by atoms with Crippen LogP contribution in [-0.4, -0.2) is 7.05 Å². The molecule has 0 aliphatic carbocycles. The lowest BCUT2D eigenvalue weighted by molar-refractivity contribution is 0.641. The van der Waals surface area contributed by atoms with Crippen LogP contribution in [0.1, 0.15) is 5.56 Å². The maximum Gasteiger partial charge on any atom is 0.140 e. The zero-order valence-electron chi connectivity index (χ0n) is 7.30. The van der Waals surface area contributed by atoms with Crippen molar-refractivity contribution in [3.8, 4) is 0 Å². The van der Waals surface area contributed by atoms with E-state index >= 15 is 0 Å². The summed E-state index contributed by atoms with van der Waals surface area (Å²) in [6.07, 6.45) is 0. The maximum atomic E-state index is 13.2. The average molecular weight is 195 g/mol. The first-order valence-corrected chi connectivity index (χ1v) is 5.00. The minimum atomic E-state index is -0.121. The van der Waals surface area contributed by atoms with Crippen LogP contribution in [0.2, 0.25) is 0 Å². The molecular weight excluding hydrogens is 185 g/mol. The van der Waals surface area contributed by atoms with Gasteiger partial charge in [-0.2, -0.15) is 0 Å². The summed E-state index contributed by atoms with van der Waals surface area (Å²) in [6, 6.07) is 5.22. The van der Waals surface area contributed by atoms with Crippen molar-refractivity contribution in [2.45, 2.75) is 6.54 Å². The van der Waals surface area contributed by atoms with Gasteiger partial charge < -0.3 is 5.32 Å². The number of rotatable bonds is 2. The highest BCUT2D eigenvalue weighted by Gasteiger charge is 2.05. The molecule has 1 nitrogen and oxygen atoms in total. The Kier molecular flexibility index (Phi) is 2.29. The predicted molar refractivity (Wildman–Crippen MR) is 54.5 cm³/mol. The van der Waals surface area contributed by atoms with Gasteiger partial charge in [0.2, 0.25) is 0 Å². The molecule has 0 saturated heterocycles. The van der Waals surface area contributed by atoms with Crippen molar-refractivity contribution in [2.75, 3.05) is 7.05 Å². The molecule has 0 atom stereocenters. The molecule has 2 rings (SSSR count). The van der Waals surface area contributed by atoms with Crippen LogP contribution < -0.4 is 5.32 Å². The van der Waals surface area contributed by atoms with E-state index in [1.54, 1.807) is 6.07 Å². The first kappa shape index (κ1) is 8.66. The second kappa shape index (κ2) is 3.44. The molecule has 2 aromatic rings. The Morgan fingerprint density at radius 3 is 3.08 bits per heavy atom. The van der Waals surface area contributed by atoms with Gasteiger partial charge in [-0.25, -0.2) is 4.39 Å². The zero-order valence-corrected chi connectivity index (χ0v) is 8.12. The standard InChI is InChI=1S/C10H10FNS/c1-12-5-7-6-13-10-8(7)3-2-4-9(10)11/h2-4,6,12H,5H2,1H3. The van der Waals surface area contributed by atoms with Crippen LogP contribution in [0, 0.1) is 5.82 Å². The van der Waals surface area contributed by atoms with E-state index in [-0.39, 0.29) is 5.82 Å². The normalized spacial score (nSPS) is 10.9. The molecule has 1 aromatic carbocycles. The lowest BCUT2D eigenvalue weighted by Gasteiger charge is -1.97. The Bertz CT molecular complexity index is 422. The van der Waals surface area contributed by atoms with Crippen molar-refractivity contribution in [2.24, 2.45) is 0 Å². The Hall–Kier alpha value is -0.930. The molecule has 0 saturated carbocycles. The van der Waals surface area contributed by atoms with E-state index in [4.69, 9.17) is 0 Å². The van der Waals surface area contributed by atoms with E-state index < -0.39 is 0 Å². The van der Waals surface area contributed by atoms with Crippen molar-refractivity contribution >= 4 is 21.4 Å². The van der Waals surface area contributed by atoms with E-state index in [9.17, 15) is 4.39 Å². The van der Waals surface area contributed by atoms with Crippen LogP contribution in [0.25, 0.3) is 10.1 Å². The second-order valence-corrected chi connectivity index (χ2v) is 3.79. The zero-order chi connectivity index (χ0) is 9.26. The third-order valence-electron chi connectivity index (χ3n) is 2.00. The fraction of sp³-hybridized carbons (Fsp3) is 0.200. The molecule has 1 heterocycles. The van der Waals surface area contributed by atoms with Crippen LogP contribution in [0.4, 0.5) is 4.39 Å². The van der Waals surface area contributed by atoms with Gasteiger partial charge in [0.25, 0.3) is 0 Å². The summed E-state index contributed by atoms with van der Waals surface area (Å²) in [5.74, 6) is -0.121. The highest BCUT2D eigenvalue weighted by atomic mass is 32.1. The summed E-state index contributed by atoms with van der Waals surface area (Å²) in [6.45, 7) is 0.795. The lowest BCUT2D eigenvalue weighted by atomic mass is 10.2. The monoisotopic (exact) mass is 195 g/mol. The Balaban J connectivity index is 2.61. The van der Waals surface area contributed by atoms with E-state index in [1.807, 2.05) is 18.5 Å². The van der Waals surface area contributed by atoms with Gasteiger partial charge in [0.05, 0.1) is 4.70 Å². The predicted octanol–water partition coefficient (Wildman–Crippen LogP) is 2.76. The lowest BCUT2D eigenvalue weighted by Crippen LogP contribution is -2.03. The van der Waals surface area contributed by atoms with Crippen molar-refractivity contribution in [3.05, 3.63) is 35.0 Å². The van der Waals surface area contributed by atoms with Gasteiger partial charge in [-0.1, -0.05) is 12.1 Å². The Labute approximate surface area is 80.2 Å². The third-order valence-corrected chi connectivity index (χ3v) is 3.05. The van der Waals surface area contributed by atoms with Gasteiger partial charge in [-0.15, -0.1) is 11.3 Å². The number of thiophene rings is 1. The van der Waals surface area contributed by atoms with Crippen molar-refractivity contribution in [1.29, 1.82) is 0 Å². The summed E-state index contributed by atoms with van der Waals surface area (Å²) in [7, 11) is 1.89. The number of halogens is 1. The molecule has 0 spiro atoms. The van der Waals surface area contributed by atoms with Gasteiger partial charge in [0.1, 0.15) is 5.82 Å². The second-order valence-electron chi connectivity index (χ2n) is 2.91. The van der Waals surface area contributed by atoms with E-state index in [0.29, 0.717) is 0 Å². The summed E-state index contributed by atoms with van der Waals surface area (Å²) in [5, 5.41) is 6.10. The van der Waals surface area contributed by atoms with Gasteiger partial charge in [-0.05, 0) is 29.4 Å². The molecule has 0 aliphatic heterocycles. The van der Waals surface area contributed by atoms with Crippen LogP contribution in [-0.2, 0) is 6.54 Å². The topological polar surface area (TPSA) is 12.0 Å². The molecule has 0 bridgehead atoms. The fourth-order valence-corrected chi connectivity index (χ4v) is 2.38. The smallest absolute Gasteiger partial charge is 0.140 e. The molecule has 13 heavy (non-hydrogen) atoms. The molecule has 0 unspecified atom stereocenters. The molecule has 68 valence electrons. The number of fused-ring (bicyclic) bond motifs is 1. The molecule has 0 amide bonds. The number of hydrogen-bond donors (Lipinski definition) is 1. The van der Waals surface area contributed by atoms with Crippen LogP contribution in [0.5, 0.6) is 0 Å². The minimum Gasteiger partial charge on any atom is -0.316 e. The molecule has 0 fully saturated rings. The quantitative estimate of drug-likeness (QED) is 0.777. The summed E-state index contributed by atoms with van der Waals surface area (Å²) < 4.78 is 14.0. The van der Waals surface area contributed by atoms with Crippen molar-refractivity contribution < 1.29 is 4.39 Å². The van der Waals surface area contributed by atoms with Crippen LogP contribution >= 0.6 is 11.3 Å². The molecule has 3 heteroatoms. The van der Waals surface area contributed by atoms with Crippen molar-refractivity contribution in [1.82, 2.24) is 5.32 Å². The third kappa shape index (κ3) is 1.45. The molecule has 0 radical (unpaired) electrons. The van der Waals surface area contributed by atoms with Gasteiger partial charge >= 0.3 is 0 Å². The number of hydrogen-bond acceptors (Lipinski definition) is 2. The molecule has 1 N–H and O–H groups in total. The maximum absolute atomic E-state index is 13.2. The Morgan fingerprint density at radius 2 is 2.31 bits per heavy atom. The summed E-state index contributed by atoms with van der Waals surface area (Å²) >= 11 is 1.47. The van der Waals surface area contributed by atoms with Gasteiger partial charge in [-0.3, -0.25) is 0 Å². The SMILES string of the molecule is CNCc1csc2c(F)cccc12. The highest BCUT2D eigenvalue weighted by molar-refractivity contribution is 7.17. The van der Waals surface area contributed by atoms with E-state index in [0.717, 1.165) is 16.6 Å². The van der Waals surface area contributed by atoms with Crippen LogP contribution in [0.15, 0.2) is 23.6 Å². The number of benzene rings is 1. The molecular formula is C10H10FNS. The number of nitrogens with one attached hydrogen (secondary N) is 1. The summed E-state index contributed by atoms with van der Waals surface area (Å²) in [4.78, 5) is 0. The fourth-order valence-electron chi connectivity index (χ4n) is 1.40. The molecule has 0 aliphatic rings. The van der Waals surface area contributed by atoms with Gasteiger partial charge in [0, 0.05) is 6.54 Å². The average Bonchev–Trinajstić information content (AvgIpc) is 2.51. The summed E-state index contributed by atoms with van der Waals surface area (Å²) in [5.41, 5.74) is 1.17. The Morgan fingerprint density at radius 1 is 1.46 bits per heavy atom. The minimum absolute atomic E-state index is 0.121. The van der Waals surface area contributed by atoms with Crippen LogP contribution in [0.3, 0.4) is 0 Å².